The molecule has 4 heterocycles. The SMILES string of the molecule is CCc1c(NC[C@H](NCc2ccc(-c3ccc(O)cc3)c(OC)c2)C(=O)OC(C)(C)C)ncnc1N1CCC(c2ccc3c(n2)NCCC3)CC1. The molecule has 0 bridgehead atoms. The fraction of sp³-hybridized carbons (Fsp3) is 0.450. The Hall–Kier alpha value is -4.90. The molecule has 0 amide bonds. The first-order valence-corrected chi connectivity index (χ1v) is 18.1. The average molecular weight is 694 g/mol. The van der Waals surface area contributed by atoms with Crippen molar-refractivity contribution in [2.75, 3.05) is 48.8 Å². The number of carbonyl (C=O) groups excluding carboxylic acids is 1. The summed E-state index contributed by atoms with van der Waals surface area (Å²) in [5.74, 6) is 3.71. The minimum Gasteiger partial charge on any atom is -0.508 e. The van der Waals surface area contributed by atoms with Gasteiger partial charge in [-0.15, -0.1) is 0 Å². The van der Waals surface area contributed by atoms with Crippen LogP contribution < -0.4 is 25.6 Å². The zero-order chi connectivity index (χ0) is 36.0. The van der Waals surface area contributed by atoms with Crippen molar-refractivity contribution in [1.82, 2.24) is 20.3 Å². The smallest absolute Gasteiger partial charge is 0.325 e. The molecular formula is C40H51N7O4. The fourth-order valence-corrected chi connectivity index (χ4v) is 6.89. The van der Waals surface area contributed by atoms with E-state index in [1.54, 1.807) is 25.6 Å². The number of rotatable bonds is 12. The van der Waals surface area contributed by atoms with Crippen LogP contribution in [0.1, 0.15) is 75.3 Å². The number of fused-ring (bicyclic) bond motifs is 1. The monoisotopic (exact) mass is 693 g/mol. The van der Waals surface area contributed by atoms with E-state index in [0.717, 1.165) is 91.4 Å². The Kier molecular flexibility index (Phi) is 11.2. The van der Waals surface area contributed by atoms with Crippen LogP contribution in [-0.4, -0.2) is 71.0 Å². The maximum absolute atomic E-state index is 13.5. The van der Waals surface area contributed by atoms with E-state index < -0.39 is 11.6 Å². The molecular weight excluding hydrogens is 642 g/mol. The molecule has 0 saturated carbocycles. The van der Waals surface area contributed by atoms with Gasteiger partial charge >= 0.3 is 5.97 Å². The van der Waals surface area contributed by atoms with Gasteiger partial charge in [-0.2, -0.15) is 0 Å². The summed E-state index contributed by atoms with van der Waals surface area (Å²) < 4.78 is 11.5. The molecule has 11 nitrogen and oxygen atoms in total. The maximum atomic E-state index is 13.5. The van der Waals surface area contributed by atoms with Crippen LogP contribution in [0.5, 0.6) is 11.5 Å². The summed E-state index contributed by atoms with van der Waals surface area (Å²) in [5.41, 5.74) is 5.69. The Morgan fingerprint density at radius 1 is 1.08 bits per heavy atom. The molecule has 270 valence electrons. The molecule has 2 aliphatic rings. The molecule has 1 saturated heterocycles. The number of phenols is 1. The average Bonchev–Trinajstić information content (AvgIpc) is 3.14. The van der Waals surface area contributed by atoms with Gasteiger partial charge in [-0.25, -0.2) is 15.0 Å². The van der Waals surface area contributed by atoms with Gasteiger partial charge < -0.3 is 30.1 Å². The van der Waals surface area contributed by atoms with Gasteiger partial charge in [-0.05, 0) is 93.8 Å². The van der Waals surface area contributed by atoms with E-state index in [-0.39, 0.29) is 18.3 Å². The third-order valence-corrected chi connectivity index (χ3v) is 9.57. The zero-order valence-electron chi connectivity index (χ0n) is 30.5. The second kappa shape index (κ2) is 16.0. The topological polar surface area (TPSA) is 134 Å². The molecule has 0 spiro atoms. The van der Waals surface area contributed by atoms with Gasteiger partial charge in [0.15, 0.2) is 0 Å². The fourth-order valence-electron chi connectivity index (χ4n) is 6.89. The third-order valence-electron chi connectivity index (χ3n) is 9.57. The van der Waals surface area contributed by atoms with Crippen LogP contribution in [0.4, 0.5) is 17.5 Å². The number of anilines is 3. The summed E-state index contributed by atoms with van der Waals surface area (Å²) in [4.78, 5) is 30.2. The third kappa shape index (κ3) is 8.89. The van der Waals surface area contributed by atoms with Crippen LogP contribution in [0.25, 0.3) is 11.1 Å². The lowest BCUT2D eigenvalue weighted by atomic mass is 9.92. The van der Waals surface area contributed by atoms with Crippen LogP contribution in [0, 0.1) is 0 Å². The van der Waals surface area contributed by atoms with Crippen LogP contribution >= 0.6 is 0 Å². The van der Waals surface area contributed by atoms with Gasteiger partial charge in [0, 0.05) is 55.5 Å². The molecule has 51 heavy (non-hydrogen) atoms. The molecule has 2 aliphatic heterocycles. The number of esters is 1. The van der Waals surface area contributed by atoms with Crippen molar-refractivity contribution >= 4 is 23.4 Å². The molecule has 2 aromatic heterocycles. The number of piperidine rings is 1. The zero-order valence-corrected chi connectivity index (χ0v) is 30.5. The van der Waals surface area contributed by atoms with Crippen LogP contribution in [-0.2, 0) is 28.9 Å². The van der Waals surface area contributed by atoms with Gasteiger partial charge in [0.2, 0.25) is 0 Å². The number of methoxy groups -OCH3 is 1. The van der Waals surface area contributed by atoms with Crippen LogP contribution in [0.2, 0.25) is 0 Å². The van der Waals surface area contributed by atoms with Crippen LogP contribution in [0.3, 0.4) is 0 Å². The number of aromatic nitrogens is 3. The van der Waals surface area contributed by atoms with E-state index in [0.29, 0.717) is 18.2 Å². The number of hydrogen-bond acceptors (Lipinski definition) is 11. The van der Waals surface area contributed by atoms with E-state index in [4.69, 9.17) is 19.4 Å². The first kappa shape index (κ1) is 35.9. The minimum atomic E-state index is -0.649. The largest absolute Gasteiger partial charge is 0.508 e. The maximum Gasteiger partial charge on any atom is 0.325 e. The van der Waals surface area contributed by atoms with Crippen molar-refractivity contribution in [2.24, 2.45) is 0 Å². The highest BCUT2D eigenvalue weighted by molar-refractivity contribution is 5.77. The highest BCUT2D eigenvalue weighted by Crippen LogP contribution is 2.34. The second-order valence-electron chi connectivity index (χ2n) is 14.3. The van der Waals surface area contributed by atoms with Crippen molar-refractivity contribution in [3.05, 3.63) is 83.3 Å². The number of pyridine rings is 1. The first-order chi connectivity index (χ1) is 24.6. The van der Waals surface area contributed by atoms with Crippen molar-refractivity contribution in [3.8, 4) is 22.6 Å². The summed E-state index contributed by atoms with van der Waals surface area (Å²) >= 11 is 0. The first-order valence-electron chi connectivity index (χ1n) is 18.1. The minimum absolute atomic E-state index is 0.210. The van der Waals surface area contributed by atoms with Gasteiger partial charge in [-0.3, -0.25) is 10.1 Å². The van der Waals surface area contributed by atoms with E-state index in [1.807, 2.05) is 51.1 Å². The van der Waals surface area contributed by atoms with Crippen LogP contribution in [0.15, 0.2) is 60.9 Å². The number of carbonyl (C=O) groups is 1. The molecule has 0 radical (unpaired) electrons. The van der Waals surface area contributed by atoms with Gasteiger partial charge in [-0.1, -0.05) is 37.3 Å². The van der Waals surface area contributed by atoms with Gasteiger partial charge in [0.25, 0.3) is 0 Å². The van der Waals surface area contributed by atoms with E-state index in [1.165, 1.54) is 11.3 Å². The number of aromatic hydroxyl groups is 1. The normalized spacial score (nSPS) is 15.4. The summed E-state index contributed by atoms with van der Waals surface area (Å²) in [7, 11) is 1.64. The molecule has 1 fully saturated rings. The lowest BCUT2D eigenvalue weighted by Gasteiger charge is -2.34. The lowest BCUT2D eigenvalue weighted by molar-refractivity contribution is -0.157. The number of aryl methyl sites for hydroxylation is 1. The molecule has 4 aromatic rings. The summed E-state index contributed by atoms with van der Waals surface area (Å²) in [5, 5.41) is 20.1. The second-order valence-corrected chi connectivity index (χ2v) is 14.3. The molecule has 2 aromatic carbocycles. The predicted octanol–water partition coefficient (Wildman–Crippen LogP) is 6.47. The Morgan fingerprint density at radius 2 is 1.86 bits per heavy atom. The Morgan fingerprint density at radius 3 is 2.59 bits per heavy atom. The molecule has 0 unspecified atom stereocenters. The molecule has 1 atom stereocenters. The van der Waals surface area contributed by atoms with Gasteiger partial charge in [0.05, 0.1) is 7.11 Å². The molecule has 4 N–H and O–H groups in total. The number of phenolic OH excluding ortho intramolecular Hbond substituents is 1. The molecule has 0 aliphatic carbocycles. The van der Waals surface area contributed by atoms with Crippen molar-refractivity contribution in [3.63, 3.8) is 0 Å². The quantitative estimate of drug-likeness (QED) is 0.122. The van der Waals surface area contributed by atoms with E-state index >= 15 is 0 Å². The summed E-state index contributed by atoms with van der Waals surface area (Å²) in [6.45, 7) is 11.2. The Labute approximate surface area is 301 Å². The number of ether oxygens (including phenoxy) is 2. The number of hydrogen-bond donors (Lipinski definition) is 4. The van der Waals surface area contributed by atoms with E-state index in [2.05, 4.69) is 44.9 Å². The molecule has 6 rings (SSSR count). The highest BCUT2D eigenvalue weighted by Gasteiger charge is 2.28. The number of nitrogens with one attached hydrogen (secondary N) is 3. The Bertz CT molecular complexity index is 1800. The Balaban J connectivity index is 1.13. The molecule has 11 heteroatoms. The predicted molar refractivity (Wildman–Crippen MR) is 202 cm³/mol. The van der Waals surface area contributed by atoms with Crippen molar-refractivity contribution in [2.45, 2.75) is 83.9 Å². The number of nitrogens with zero attached hydrogens (tertiary/aromatic N) is 4. The standard InChI is InChI=1S/C40H51N7O4/c1-6-31-37(44-25-45-38(31)47-20-17-28(18-21-47)33-16-12-29-8-7-19-41-36(29)46-33)43-24-34(39(49)51-40(2,3)4)42-23-26-9-15-32(35(22-26)50-5)27-10-13-30(48)14-11-27/h9-16,22,25,28,34,42,48H,6-8,17-21,23-24H2,1-5H3,(H,41,46)(H,43,44,45)/t34-/m0/s1. The lowest BCUT2D eigenvalue weighted by Crippen LogP contribution is -2.45. The highest BCUT2D eigenvalue weighted by atomic mass is 16.6. The van der Waals surface area contributed by atoms with Crippen molar-refractivity contribution in [1.29, 1.82) is 0 Å². The number of benzene rings is 2. The van der Waals surface area contributed by atoms with E-state index in [9.17, 15) is 9.90 Å². The van der Waals surface area contributed by atoms with Crippen molar-refractivity contribution < 1.29 is 19.4 Å². The van der Waals surface area contributed by atoms with Gasteiger partial charge in [0.1, 0.15) is 46.9 Å². The summed E-state index contributed by atoms with van der Waals surface area (Å²) in [6, 6.07) is 16.8. The summed E-state index contributed by atoms with van der Waals surface area (Å²) in [6.07, 6.45) is 6.62.